The predicted octanol–water partition coefficient (Wildman–Crippen LogP) is 4.15. The first-order chi connectivity index (χ1) is 9.56. The van der Waals surface area contributed by atoms with Crippen LogP contribution >= 0.6 is 23.2 Å². The van der Waals surface area contributed by atoms with E-state index in [0.717, 1.165) is 5.56 Å². The van der Waals surface area contributed by atoms with Crippen LogP contribution in [0.1, 0.15) is 32.8 Å². The van der Waals surface area contributed by atoms with Crippen molar-refractivity contribution in [3.63, 3.8) is 0 Å². The second kappa shape index (κ2) is 5.25. The molecule has 0 aromatic heterocycles. The van der Waals surface area contributed by atoms with Crippen LogP contribution in [-0.2, 0) is 5.54 Å². The largest absolute Gasteiger partial charge is 0.493 e. The Morgan fingerprint density at radius 1 is 1.48 bits per heavy atom. The lowest BCUT2D eigenvalue weighted by atomic mass is 9.94. The normalized spacial score (nSPS) is 23.5. The molecule has 4 nitrogen and oxygen atoms in total. The molecule has 2 rings (SSSR count). The van der Waals surface area contributed by atoms with Crippen LogP contribution in [0.4, 0.5) is 4.79 Å². The van der Waals surface area contributed by atoms with Crippen molar-refractivity contribution in [3.8, 4) is 5.75 Å². The van der Waals surface area contributed by atoms with E-state index in [9.17, 15) is 4.79 Å². The van der Waals surface area contributed by atoms with Crippen molar-refractivity contribution in [1.29, 1.82) is 0 Å². The predicted molar refractivity (Wildman–Crippen MR) is 83.3 cm³/mol. The molecule has 0 radical (unpaired) electrons. The van der Waals surface area contributed by atoms with Crippen molar-refractivity contribution in [1.82, 2.24) is 5.32 Å². The van der Waals surface area contributed by atoms with Crippen molar-refractivity contribution >= 4 is 29.3 Å². The van der Waals surface area contributed by atoms with Gasteiger partial charge in [-0.3, -0.25) is 0 Å². The zero-order valence-corrected chi connectivity index (χ0v) is 13.8. The van der Waals surface area contributed by atoms with Gasteiger partial charge in [-0.25, -0.2) is 4.79 Å². The fourth-order valence-electron chi connectivity index (χ4n) is 2.16. The fourth-order valence-corrected chi connectivity index (χ4v) is 2.86. The molecule has 1 aliphatic carbocycles. The van der Waals surface area contributed by atoms with Crippen LogP contribution in [0.25, 0.3) is 0 Å². The van der Waals surface area contributed by atoms with Crippen molar-refractivity contribution in [2.45, 2.75) is 37.1 Å². The maximum atomic E-state index is 10.8. The first-order valence-corrected chi connectivity index (χ1v) is 7.44. The molecule has 116 valence electrons. The highest BCUT2D eigenvalue weighted by Gasteiger charge is 2.63. The van der Waals surface area contributed by atoms with Crippen molar-refractivity contribution in [3.05, 3.63) is 29.8 Å². The van der Waals surface area contributed by atoms with E-state index in [-0.39, 0.29) is 5.41 Å². The highest BCUT2D eigenvalue weighted by Crippen LogP contribution is 2.63. The van der Waals surface area contributed by atoms with Crippen LogP contribution in [0.3, 0.4) is 0 Å². The van der Waals surface area contributed by atoms with E-state index < -0.39 is 16.0 Å². The first-order valence-electron chi connectivity index (χ1n) is 6.68. The van der Waals surface area contributed by atoms with Crippen LogP contribution in [-0.4, -0.2) is 22.1 Å². The number of hydrogen-bond acceptors (Lipinski definition) is 2. The molecule has 1 unspecified atom stereocenters. The molecule has 2 N–H and O–H groups in total. The summed E-state index contributed by atoms with van der Waals surface area (Å²) in [5.74, 6) is 0.671. The number of carbonyl (C=O) groups is 1. The molecule has 0 saturated heterocycles. The minimum Gasteiger partial charge on any atom is -0.493 e. The average Bonchev–Trinajstić information content (AvgIpc) is 2.85. The van der Waals surface area contributed by atoms with Gasteiger partial charge in [-0.1, -0.05) is 19.1 Å². The monoisotopic (exact) mass is 331 g/mol. The van der Waals surface area contributed by atoms with E-state index in [4.69, 9.17) is 33.0 Å². The van der Waals surface area contributed by atoms with Crippen molar-refractivity contribution in [2.75, 3.05) is 6.61 Å². The summed E-state index contributed by atoms with van der Waals surface area (Å²) < 4.78 is 5.05. The maximum absolute atomic E-state index is 10.8. The van der Waals surface area contributed by atoms with Crippen LogP contribution in [0.15, 0.2) is 24.3 Å². The van der Waals surface area contributed by atoms with Crippen LogP contribution in [0.5, 0.6) is 5.75 Å². The first kappa shape index (κ1) is 16.2. The number of halogens is 2. The van der Waals surface area contributed by atoms with Gasteiger partial charge >= 0.3 is 6.09 Å². The second-order valence-electron chi connectivity index (χ2n) is 6.31. The molecule has 1 amide bonds. The average molecular weight is 332 g/mol. The van der Waals surface area contributed by atoms with Gasteiger partial charge in [-0.15, -0.1) is 23.2 Å². The molecule has 1 atom stereocenters. The number of hydrogen-bond donors (Lipinski definition) is 2. The van der Waals surface area contributed by atoms with Gasteiger partial charge in [-0.05, 0) is 38.0 Å². The van der Waals surface area contributed by atoms with E-state index in [0.29, 0.717) is 18.8 Å². The number of rotatable bonds is 5. The van der Waals surface area contributed by atoms with E-state index in [1.165, 1.54) is 0 Å². The molecule has 6 heteroatoms. The highest BCUT2D eigenvalue weighted by atomic mass is 35.5. The maximum Gasteiger partial charge on any atom is 0.405 e. The lowest BCUT2D eigenvalue weighted by Crippen LogP contribution is -2.40. The lowest BCUT2D eigenvalue weighted by Gasteiger charge is -2.25. The summed E-state index contributed by atoms with van der Waals surface area (Å²) in [7, 11) is 0. The number of carboxylic acid groups (broad SMARTS) is 1. The molecule has 0 aliphatic heterocycles. The molecule has 21 heavy (non-hydrogen) atoms. The third-order valence-electron chi connectivity index (χ3n) is 3.90. The molecule has 1 aliphatic rings. The Hall–Kier alpha value is -1.13. The molecule has 1 fully saturated rings. The number of nitrogens with one attached hydrogen (secondary N) is 1. The Balaban J connectivity index is 2.06. The number of benzene rings is 1. The Bertz CT molecular complexity index is 560. The molecule has 1 aromatic carbocycles. The Morgan fingerprint density at radius 2 is 2.10 bits per heavy atom. The van der Waals surface area contributed by atoms with E-state index in [2.05, 4.69) is 5.32 Å². The summed E-state index contributed by atoms with van der Waals surface area (Å²) in [4.78, 5) is 10.8. The third kappa shape index (κ3) is 3.55. The smallest absolute Gasteiger partial charge is 0.405 e. The fraction of sp³-hybridized carbons (Fsp3) is 0.533. The standard InChI is InChI=1S/C15H19Cl2NO3/c1-13(2,18-12(19)20)10-5-4-6-11(7-10)21-9-14(3)8-15(14,16)17/h4-7,18H,8-9H2,1-3H3,(H,19,20). The van der Waals surface area contributed by atoms with Crippen molar-refractivity contribution < 1.29 is 14.6 Å². The molecular formula is C15H19Cl2NO3. The zero-order chi connectivity index (χ0) is 15.9. The summed E-state index contributed by atoms with van der Waals surface area (Å²) in [6.45, 7) is 6.00. The second-order valence-corrected chi connectivity index (χ2v) is 7.80. The van der Waals surface area contributed by atoms with E-state index in [1.807, 2.05) is 31.2 Å². The Labute approximate surface area is 134 Å². The highest BCUT2D eigenvalue weighted by molar-refractivity contribution is 6.51. The summed E-state index contributed by atoms with van der Waals surface area (Å²) in [6, 6.07) is 7.34. The van der Waals surface area contributed by atoms with Crippen LogP contribution in [0.2, 0.25) is 0 Å². The third-order valence-corrected chi connectivity index (χ3v) is 5.08. The van der Waals surface area contributed by atoms with E-state index >= 15 is 0 Å². The SMILES string of the molecule is CC(C)(NC(=O)O)c1cccc(OCC2(C)CC2(Cl)Cl)c1. The van der Waals surface area contributed by atoms with Gasteiger partial charge in [0.2, 0.25) is 0 Å². The zero-order valence-electron chi connectivity index (χ0n) is 12.2. The van der Waals surface area contributed by atoms with Crippen molar-refractivity contribution in [2.24, 2.45) is 5.41 Å². The van der Waals surface area contributed by atoms with Gasteiger partial charge in [0.05, 0.1) is 12.1 Å². The van der Waals surface area contributed by atoms with E-state index in [1.54, 1.807) is 13.8 Å². The Morgan fingerprint density at radius 3 is 2.62 bits per heavy atom. The molecule has 0 bridgehead atoms. The number of ether oxygens (including phenoxy) is 1. The molecule has 0 spiro atoms. The van der Waals surface area contributed by atoms with Gasteiger partial charge in [0.1, 0.15) is 10.1 Å². The number of amides is 1. The molecule has 1 aromatic rings. The summed E-state index contributed by atoms with van der Waals surface area (Å²) in [5, 5.41) is 11.4. The van der Waals surface area contributed by atoms with Gasteiger partial charge in [0, 0.05) is 5.41 Å². The van der Waals surface area contributed by atoms with Gasteiger partial charge in [-0.2, -0.15) is 0 Å². The quantitative estimate of drug-likeness (QED) is 0.796. The van der Waals surface area contributed by atoms with Crippen LogP contribution in [0, 0.1) is 5.41 Å². The number of alkyl halides is 2. The summed E-state index contributed by atoms with van der Waals surface area (Å²) in [5.41, 5.74) is -0.107. The minimum atomic E-state index is -1.06. The Kier molecular flexibility index (Phi) is 4.06. The van der Waals surface area contributed by atoms with Gasteiger partial charge in [0.15, 0.2) is 0 Å². The lowest BCUT2D eigenvalue weighted by molar-refractivity contribution is 0.182. The van der Waals surface area contributed by atoms with Gasteiger partial charge in [0.25, 0.3) is 0 Å². The molecular weight excluding hydrogens is 313 g/mol. The minimum absolute atomic E-state index is 0.235. The summed E-state index contributed by atoms with van der Waals surface area (Å²) >= 11 is 12.2. The molecule has 1 saturated carbocycles. The van der Waals surface area contributed by atoms with Gasteiger partial charge < -0.3 is 15.2 Å². The topological polar surface area (TPSA) is 58.6 Å². The van der Waals surface area contributed by atoms with Crippen LogP contribution < -0.4 is 10.1 Å². The molecule has 0 heterocycles. The summed E-state index contributed by atoms with van der Waals surface area (Å²) in [6.07, 6.45) is -0.361.